The molecule has 1 aliphatic heterocycles. The van der Waals surface area contributed by atoms with Crippen LogP contribution in [0, 0.1) is 17.2 Å². The van der Waals surface area contributed by atoms with Gasteiger partial charge in [-0.3, -0.25) is 0 Å². The molecule has 0 aromatic carbocycles. The molecule has 0 saturated carbocycles. The number of aliphatic hydroxyl groups excluding tert-OH is 1. The fourth-order valence-electron chi connectivity index (χ4n) is 1.19. The summed E-state index contributed by atoms with van der Waals surface area (Å²) in [5.41, 5.74) is 0. The molecule has 0 spiro atoms. The minimum Gasteiger partial charge on any atom is -0.453 e. The SMILES string of the molecule is COC(=O)N1CC(O)C(C#N)C1. The van der Waals surface area contributed by atoms with E-state index in [2.05, 4.69) is 4.74 Å². The summed E-state index contributed by atoms with van der Waals surface area (Å²) in [4.78, 5) is 12.2. The summed E-state index contributed by atoms with van der Waals surface area (Å²) < 4.78 is 4.44. The standard InChI is InChI=1S/C7H10N2O3/c1-12-7(11)9-3-5(2-8)6(10)4-9/h5-6,10H,3-4H2,1H3. The smallest absolute Gasteiger partial charge is 0.409 e. The van der Waals surface area contributed by atoms with Gasteiger partial charge in [-0.25, -0.2) is 4.79 Å². The van der Waals surface area contributed by atoms with E-state index in [1.165, 1.54) is 12.0 Å². The van der Waals surface area contributed by atoms with E-state index >= 15 is 0 Å². The van der Waals surface area contributed by atoms with Crippen LogP contribution < -0.4 is 0 Å². The van der Waals surface area contributed by atoms with Gasteiger partial charge in [0.15, 0.2) is 0 Å². The van der Waals surface area contributed by atoms with Crippen molar-refractivity contribution >= 4 is 6.09 Å². The van der Waals surface area contributed by atoms with Crippen molar-refractivity contribution in [2.45, 2.75) is 6.10 Å². The lowest BCUT2D eigenvalue weighted by Gasteiger charge is -2.12. The molecule has 0 aromatic heterocycles. The molecule has 2 atom stereocenters. The van der Waals surface area contributed by atoms with Gasteiger partial charge >= 0.3 is 6.09 Å². The van der Waals surface area contributed by atoms with E-state index in [9.17, 15) is 9.90 Å². The van der Waals surface area contributed by atoms with E-state index in [0.717, 1.165) is 0 Å². The molecule has 2 unspecified atom stereocenters. The Morgan fingerprint density at radius 3 is 2.83 bits per heavy atom. The normalized spacial score (nSPS) is 28.2. The summed E-state index contributed by atoms with van der Waals surface area (Å²) in [6.07, 6.45) is -1.24. The molecule has 1 rings (SSSR count). The van der Waals surface area contributed by atoms with Crippen LogP contribution in [0.3, 0.4) is 0 Å². The van der Waals surface area contributed by atoms with Crippen molar-refractivity contribution in [1.82, 2.24) is 4.90 Å². The van der Waals surface area contributed by atoms with E-state index in [1.54, 1.807) is 0 Å². The van der Waals surface area contributed by atoms with Crippen LogP contribution in [0.1, 0.15) is 0 Å². The Morgan fingerprint density at radius 1 is 1.75 bits per heavy atom. The van der Waals surface area contributed by atoms with Crippen LogP contribution >= 0.6 is 0 Å². The summed E-state index contributed by atoms with van der Waals surface area (Å²) >= 11 is 0. The zero-order valence-electron chi connectivity index (χ0n) is 6.73. The lowest BCUT2D eigenvalue weighted by molar-refractivity contribution is 0.121. The van der Waals surface area contributed by atoms with Crippen molar-refractivity contribution in [3.05, 3.63) is 0 Å². The van der Waals surface area contributed by atoms with Crippen molar-refractivity contribution in [2.24, 2.45) is 5.92 Å². The number of carbonyl (C=O) groups is 1. The first-order valence-electron chi connectivity index (χ1n) is 3.59. The second-order valence-electron chi connectivity index (χ2n) is 2.68. The number of aliphatic hydroxyl groups is 1. The van der Waals surface area contributed by atoms with Crippen molar-refractivity contribution in [1.29, 1.82) is 5.26 Å². The predicted octanol–water partition coefficient (Wildman–Crippen LogP) is -0.431. The molecule has 0 aromatic rings. The minimum atomic E-state index is -0.742. The van der Waals surface area contributed by atoms with Gasteiger partial charge < -0.3 is 14.7 Å². The maximum atomic E-state index is 10.9. The van der Waals surface area contributed by atoms with Gasteiger partial charge in [0, 0.05) is 6.54 Å². The maximum absolute atomic E-state index is 10.9. The second-order valence-corrected chi connectivity index (χ2v) is 2.68. The number of nitriles is 1. The van der Waals surface area contributed by atoms with Gasteiger partial charge in [-0.15, -0.1) is 0 Å². The highest BCUT2D eigenvalue weighted by molar-refractivity contribution is 5.68. The molecule has 0 radical (unpaired) electrons. The first-order valence-corrected chi connectivity index (χ1v) is 3.59. The molecule has 0 aliphatic carbocycles. The highest BCUT2D eigenvalue weighted by Crippen LogP contribution is 2.16. The van der Waals surface area contributed by atoms with Crippen molar-refractivity contribution in [2.75, 3.05) is 20.2 Å². The lowest BCUT2D eigenvalue weighted by atomic mass is 10.1. The number of likely N-dealkylation sites (tertiary alicyclic amines) is 1. The summed E-state index contributed by atoms with van der Waals surface area (Å²) in [6.45, 7) is 0.440. The molecule has 66 valence electrons. The van der Waals surface area contributed by atoms with Crippen LogP contribution in [0.4, 0.5) is 4.79 Å². The van der Waals surface area contributed by atoms with Crippen molar-refractivity contribution < 1.29 is 14.6 Å². The van der Waals surface area contributed by atoms with Crippen LogP contribution in [-0.4, -0.2) is 42.4 Å². The third kappa shape index (κ3) is 1.48. The second kappa shape index (κ2) is 3.41. The number of rotatable bonds is 0. The largest absolute Gasteiger partial charge is 0.453 e. The molecule has 1 heterocycles. The number of amides is 1. The molecule has 1 aliphatic rings. The fourth-order valence-corrected chi connectivity index (χ4v) is 1.19. The highest BCUT2D eigenvalue weighted by Gasteiger charge is 2.34. The molecule has 0 bridgehead atoms. The van der Waals surface area contributed by atoms with E-state index in [4.69, 9.17) is 5.26 Å². The van der Waals surface area contributed by atoms with E-state index in [0.29, 0.717) is 0 Å². The van der Waals surface area contributed by atoms with Gasteiger partial charge in [0.1, 0.15) is 0 Å². The Kier molecular flexibility index (Phi) is 2.51. The number of ether oxygens (including phenoxy) is 1. The van der Waals surface area contributed by atoms with E-state index in [1.807, 2.05) is 6.07 Å². The third-order valence-corrected chi connectivity index (χ3v) is 1.89. The topological polar surface area (TPSA) is 73.6 Å². The number of hydrogen-bond acceptors (Lipinski definition) is 4. The average Bonchev–Trinajstić information content (AvgIpc) is 2.45. The van der Waals surface area contributed by atoms with E-state index in [-0.39, 0.29) is 13.1 Å². The first kappa shape index (κ1) is 8.81. The van der Waals surface area contributed by atoms with Crippen molar-refractivity contribution in [3.8, 4) is 6.07 Å². The lowest BCUT2D eigenvalue weighted by Crippen LogP contribution is -2.29. The zero-order chi connectivity index (χ0) is 9.14. The fraction of sp³-hybridized carbons (Fsp3) is 0.714. The predicted molar refractivity (Wildman–Crippen MR) is 39.1 cm³/mol. The molecular weight excluding hydrogens is 160 g/mol. The van der Waals surface area contributed by atoms with Gasteiger partial charge in [0.05, 0.1) is 31.7 Å². The molecule has 1 saturated heterocycles. The van der Waals surface area contributed by atoms with Crippen molar-refractivity contribution in [3.63, 3.8) is 0 Å². The molecule has 12 heavy (non-hydrogen) atoms. The number of nitrogens with zero attached hydrogens (tertiary/aromatic N) is 2. The van der Waals surface area contributed by atoms with Crippen LogP contribution in [0.2, 0.25) is 0 Å². The Bertz CT molecular complexity index is 223. The summed E-state index contributed by atoms with van der Waals surface area (Å²) in [7, 11) is 1.27. The quantitative estimate of drug-likeness (QED) is 0.535. The zero-order valence-corrected chi connectivity index (χ0v) is 6.73. The number of methoxy groups -OCH3 is 1. The molecule has 1 amide bonds. The number of β-amino-alcohol motifs (C(OH)–C–C–N with tert-alkyl or cyclic N) is 1. The average molecular weight is 170 g/mol. The minimum absolute atomic E-state index is 0.185. The van der Waals surface area contributed by atoms with Crippen LogP contribution in [0.5, 0.6) is 0 Å². The van der Waals surface area contributed by atoms with Crippen LogP contribution in [-0.2, 0) is 4.74 Å². The van der Waals surface area contributed by atoms with Crippen LogP contribution in [0.15, 0.2) is 0 Å². The Labute approximate surface area is 70.1 Å². The Morgan fingerprint density at radius 2 is 2.42 bits per heavy atom. The van der Waals surface area contributed by atoms with Crippen LogP contribution in [0.25, 0.3) is 0 Å². The first-order chi connectivity index (χ1) is 5.69. The van der Waals surface area contributed by atoms with Gasteiger partial charge in [0.2, 0.25) is 0 Å². The Balaban J connectivity index is 2.55. The van der Waals surface area contributed by atoms with Gasteiger partial charge in [-0.05, 0) is 0 Å². The molecular formula is C7H10N2O3. The molecule has 5 nitrogen and oxygen atoms in total. The summed E-state index contributed by atoms with van der Waals surface area (Å²) in [6, 6.07) is 1.92. The van der Waals surface area contributed by atoms with Gasteiger partial charge in [-0.2, -0.15) is 5.26 Å². The van der Waals surface area contributed by atoms with Gasteiger partial charge in [-0.1, -0.05) is 0 Å². The summed E-state index contributed by atoms with van der Waals surface area (Å²) in [5, 5.41) is 17.8. The molecule has 5 heteroatoms. The Hall–Kier alpha value is -1.28. The monoisotopic (exact) mass is 170 g/mol. The maximum Gasteiger partial charge on any atom is 0.409 e. The third-order valence-electron chi connectivity index (χ3n) is 1.89. The highest BCUT2D eigenvalue weighted by atomic mass is 16.5. The number of carbonyl (C=O) groups excluding carboxylic acids is 1. The number of hydrogen-bond donors (Lipinski definition) is 1. The van der Waals surface area contributed by atoms with E-state index < -0.39 is 18.1 Å². The molecule has 1 N–H and O–H groups in total. The summed E-state index contributed by atoms with van der Waals surface area (Å²) in [5.74, 6) is -0.482. The molecule has 1 fully saturated rings. The van der Waals surface area contributed by atoms with Gasteiger partial charge in [0.25, 0.3) is 0 Å².